The maximum atomic E-state index is 13.4. The van der Waals surface area contributed by atoms with Crippen molar-refractivity contribution in [3.05, 3.63) is 59.7 Å². The van der Waals surface area contributed by atoms with Gasteiger partial charge in [-0.05, 0) is 24.3 Å². The molecule has 0 aliphatic carbocycles. The summed E-state index contributed by atoms with van der Waals surface area (Å²) in [5, 5.41) is 6.84. The SMILES string of the molecule is N=CC(=O)c1cc(F)cc(Oc2ccccc2F)c1. The van der Waals surface area contributed by atoms with Crippen molar-refractivity contribution in [3.8, 4) is 11.5 Å². The third kappa shape index (κ3) is 3.01. The molecule has 0 saturated carbocycles. The van der Waals surface area contributed by atoms with Crippen LogP contribution in [-0.2, 0) is 0 Å². The van der Waals surface area contributed by atoms with Crippen molar-refractivity contribution in [1.29, 1.82) is 5.41 Å². The van der Waals surface area contributed by atoms with Gasteiger partial charge in [0.25, 0.3) is 0 Å². The number of carbonyl (C=O) groups is 1. The number of hydrogen-bond donors (Lipinski definition) is 1. The van der Waals surface area contributed by atoms with Crippen molar-refractivity contribution in [3.63, 3.8) is 0 Å². The van der Waals surface area contributed by atoms with Gasteiger partial charge >= 0.3 is 0 Å². The fourth-order valence-electron chi connectivity index (χ4n) is 1.50. The molecule has 1 N–H and O–H groups in total. The lowest BCUT2D eigenvalue weighted by Gasteiger charge is -2.07. The summed E-state index contributed by atoms with van der Waals surface area (Å²) in [7, 11) is 0. The number of rotatable bonds is 4. The van der Waals surface area contributed by atoms with E-state index in [1.54, 1.807) is 6.07 Å². The highest BCUT2D eigenvalue weighted by Gasteiger charge is 2.09. The van der Waals surface area contributed by atoms with E-state index >= 15 is 0 Å². The van der Waals surface area contributed by atoms with E-state index in [0.717, 1.165) is 12.1 Å². The Hall–Kier alpha value is -2.56. The van der Waals surface area contributed by atoms with Crippen molar-refractivity contribution < 1.29 is 18.3 Å². The molecule has 0 spiro atoms. The molecule has 5 heteroatoms. The number of carbonyl (C=O) groups excluding carboxylic acids is 1. The van der Waals surface area contributed by atoms with Crippen molar-refractivity contribution in [2.75, 3.05) is 0 Å². The molecule has 19 heavy (non-hydrogen) atoms. The summed E-state index contributed by atoms with van der Waals surface area (Å²) in [5.74, 6) is -2.01. The molecule has 0 fully saturated rings. The lowest BCUT2D eigenvalue weighted by Crippen LogP contribution is -2.00. The minimum atomic E-state index is -0.695. The monoisotopic (exact) mass is 261 g/mol. The Morgan fingerprint density at radius 2 is 1.89 bits per heavy atom. The Balaban J connectivity index is 2.36. The van der Waals surface area contributed by atoms with Gasteiger partial charge in [-0.1, -0.05) is 12.1 Å². The zero-order valence-electron chi connectivity index (χ0n) is 9.69. The fraction of sp³-hybridized carbons (Fsp3) is 0. The van der Waals surface area contributed by atoms with Crippen LogP contribution in [0.25, 0.3) is 0 Å². The predicted molar refractivity (Wildman–Crippen MR) is 66.0 cm³/mol. The Morgan fingerprint density at radius 3 is 2.58 bits per heavy atom. The van der Waals surface area contributed by atoms with Gasteiger partial charge in [-0.2, -0.15) is 0 Å². The van der Waals surface area contributed by atoms with Crippen LogP contribution in [0.4, 0.5) is 8.78 Å². The first kappa shape index (κ1) is 12.9. The van der Waals surface area contributed by atoms with Gasteiger partial charge in [0.15, 0.2) is 11.6 Å². The largest absolute Gasteiger partial charge is 0.454 e. The molecule has 2 aromatic carbocycles. The molecule has 0 saturated heterocycles. The zero-order valence-corrected chi connectivity index (χ0v) is 9.69. The van der Waals surface area contributed by atoms with Crippen LogP contribution in [0, 0.1) is 17.0 Å². The molecule has 0 bridgehead atoms. The van der Waals surface area contributed by atoms with Gasteiger partial charge in [0.05, 0.1) is 6.21 Å². The minimum absolute atomic E-state index is 0.00435. The Morgan fingerprint density at radius 1 is 1.16 bits per heavy atom. The molecule has 0 atom stereocenters. The van der Waals surface area contributed by atoms with Crippen LogP contribution in [0.15, 0.2) is 42.5 Å². The van der Waals surface area contributed by atoms with E-state index in [9.17, 15) is 13.6 Å². The van der Waals surface area contributed by atoms with E-state index in [4.69, 9.17) is 10.1 Å². The summed E-state index contributed by atoms with van der Waals surface area (Å²) >= 11 is 0. The van der Waals surface area contributed by atoms with Gasteiger partial charge in [0.2, 0.25) is 5.78 Å². The summed E-state index contributed by atoms with van der Waals surface area (Å²) in [5.41, 5.74) is -0.0265. The number of para-hydroxylation sites is 1. The smallest absolute Gasteiger partial charge is 0.203 e. The quantitative estimate of drug-likeness (QED) is 0.675. The number of halogens is 2. The third-order valence-corrected chi connectivity index (χ3v) is 2.35. The summed E-state index contributed by atoms with van der Waals surface area (Å²) in [6.07, 6.45) is 0.571. The molecule has 0 aliphatic rings. The van der Waals surface area contributed by atoms with E-state index in [0.29, 0.717) is 6.21 Å². The minimum Gasteiger partial charge on any atom is -0.454 e. The molecule has 0 unspecified atom stereocenters. The van der Waals surface area contributed by atoms with Gasteiger partial charge in [-0.3, -0.25) is 4.79 Å². The normalized spacial score (nSPS) is 10.0. The van der Waals surface area contributed by atoms with Crippen LogP contribution in [0.2, 0.25) is 0 Å². The van der Waals surface area contributed by atoms with E-state index < -0.39 is 17.4 Å². The Kier molecular flexibility index (Phi) is 3.66. The highest BCUT2D eigenvalue weighted by Crippen LogP contribution is 2.25. The van der Waals surface area contributed by atoms with E-state index in [1.165, 1.54) is 24.3 Å². The first-order chi connectivity index (χ1) is 9.10. The van der Waals surface area contributed by atoms with Crippen LogP contribution in [-0.4, -0.2) is 12.0 Å². The van der Waals surface area contributed by atoms with E-state index in [-0.39, 0.29) is 17.1 Å². The number of Topliss-reactive ketones (excluding diaryl/α,β-unsaturated/α-hetero) is 1. The topological polar surface area (TPSA) is 50.2 Å². The summed E-state index contributed by atoms with van der Waals surface area (Å²) in [6.45, 7) is 0. The van der Waals surface area contributed by atoms with Gasteiger partial charge in [-0.25, -0.2) is 8.78 Å². The molecular formula is C14H9F2NO2. The molecule has 2 rings (SSSR count). The second kappa shape index (κ2) is 5.39. The van der Waals surface area contributed by atoms with Crippen molar-refractivity contribution >= 4 is 12.0 Å². The highest BCUT2D eigenvalue weighted by atomic mass is 19.1. The maximum absolute atomic E-state index is 13.4. The van der Waals surface area contributed by atoms with Crippen molar-refractivity contribution in [1.82, 2.24) is 0 Å². The van der Waals surface area contributed by atoms with E-state index in [2.05, 4.69) is 0 Å². The standard InChI is InChI=1S/C14H9F2NO2/c15-10-5-9(13(18)8-17)6-11(7-10)19-14-4-2-1-3-12(14)16/h1-8,17H. The van der Waals surface area contributed by atoms with Crippen LogP contribution >= 0.6 is 0 Å². The third-order valence-electron chi connectivity index (χ3n) is 2.35. The van der Waals surface area contributed by atoms with Crippen molar-refractivity contribution in [2.45, 2.75) is 0 Å². The van der Waals surface area contributed by atoms with Gasteiger partial charge in [-0.15, -0.1) is 0 Å². The number of nitrogens with one attached hydrogen (secondary N) is 1. The Bertz CT molecular complexity index is 641. The molecule has 2 aromatic rings. The van der Waals surface area contributed by atoms with E-state index in [1.807, 2.05) is 0 Å². The van der Waals surface area contributed by atoms with Gasteiger partial charge < -0.3 is 10.1 Å². The number of ketones is 1. The number of hydrogen-bond acceptors (Lipinski definition) is 3. The van der Waals surface area contributed by atoms with Crippen LogP contribution in [0.1, 0.15) is 10.4 Å². The molecule has 96 valence electrons. The summed E-state index contributed by atoms with van der Waals surface area (Å²) in [6, 6.07) is 8.94. The van der Waals surface area contributed by atoms with Gasteiger partial charge in [0.1, 0.15) is 11.6 Å². The second-order valence-electron chi connectivity index (χ2n) is 3.72. The number of benzene rings is 2. The lowest BCUT2D eigenvalue weighted by molar-refractivity contribution is 0.106. The molecule has 0 aliphatic heterocycles. The second-order valence-corrected chi connectivity index (χ2v) is 3.72. The van der Waals surface area contributed by atoms with Gasteiger partial charge in [0, 0.05) is 11.6 Å². The number of ether oxygens (including phenoxy) is 1. The first-order valence-corrected chi connectivity index (χ1v) is 5.38. The average Bonchev–Trinajstić information content (AvgIpc) is 2.40. The molecule has 0 amide bonds. The summed E-state index contributed by atoms with van der Waals surface area (Å²) < 4.78 is 31.9. The molecule has 0 radical (unpaired) electrons. The van der Waals surface area contributed by atoms with Crippen molar-refractivity contribution in [2.24, 2.45) is 0 Å². The zero-order chi connectivity index (χ0) is 13.8. The Labute approximate surface area is 108 Å². The van der Waals surface area contributed by atoms with Crippen LogP contribution in [0.5, 0.6) is 11.5 Å². The first-order valence-electron chi connectivity index (χ1n) is 5.38. The predicted octanol–water partition coefficient (Wildman–Crippen LogP) is 3.59. The van der Waals surface area contributed by atoms with Crippen LogP contribution < -0.4 is 4.74 Å². The maximum Gasteiger partial charge on any atom is 0.203 e. The van der Waals surface area contributed by atoms with Crippen LogP contribution in [0.3, 0.4) is 0 Å². The fourth-order valence-corrected chi connectivity index (χ4v) is 1.50. The molecule has 0 aromatic heterocycles. The summed E-state index contributed by atoms with van der Waals surface area (Å²) in [4.78, 5) is 11.3. The molecule has 3 nitrogen and oxygen atoms in total. The lowest BCUT2D eigenvalue weighted by atomic mass is 10.1. The highest BCUT2D eigenvalue weighted by molar-refractivity contribution is 6.34. The average molecular weight is 261 g/mol. The molecule has 0 heterocycles. The molecular weight excluding hydrogens is 252 g/mol.